The van der Waals surface area contributed by atoms with Gasteiger partial charge >= 0.3 is 5.97 Å². The molecule has 6 heteroatoms. The Bertz CT molecular complexity index is 575. The first kappa shape index (κ1) is 14.0. The highest BCUT2D eigenvalue weighted by Gasteiger charge is 2.40. The van der Waals surface area contributed by atoms with Gasteiger partial charge in [-0.1, -0.05) is 6.07 Å². The van der Waals surface area contributed by atoms with Crippen LogP contribution in [0.5, 0.6) is 0 Å². The lowest BCUT2D eigenvalue weighted by molar-refractivity contribution is -0.0368. The van der Waals surface area contributed by atoms with E-state index in [1.807, 2.05) is 7.05 Å². The van der Waals surface area contributed by atoms with E-state index in [4.69, 9.17) is 9.84 Å². The number of amides is 1. The quantitative estimate of drug-likeness (QED) is 0.861. The molecule has 0 aliphatic carbocycles. The number of ether oxygens (including phenoxy) is 1. The number of carbonyl (C=O) groups excluding carboxylic acids is 1. The summed E-state index contributed by atoms with van der Waals surface area (Å²) < 4.78 is 5.72. The molecule has 21 heavy (non-hydrogen) atoms. The summed E-state index contributed by atoms with van der Waals surface area (Å²) in [5, 5.41) is 9.01. The molecular formula is C15H18N2O4. The van der Waals surface area contributed by atoms with E-state index in [1.165, 1.54) is 12.1 Å². The number of carboxylic acid groups (broad SMARTS) is 1. The van der Waals surface area contributed by atoms with Gasteiger partial charge in [0.2, 0.25) is 0 Å². The molecule has 2 aliphatic heterocycles. The van der Waals surface area contributed by atoms with Crippen molar-refractivity contribution in [3.05, 3.63) is 35.4 Å². The first-order chi connectivity index (χ1) is 10.1. The maximum absolute atomic E-state index is 12.5. The molecule has 2 aliphatic rings. The number of rotatable bonds is 2. The summed E-state index contributed by atoms with van der Waals surface area (Å²) in [6, 6.07) is 6.39. The average molecular weight is 290 g/mol. The van der Waals surface area contributed by atoms with E-state index in [2.05, 4.69) is 4.90 Å². The third-order valence-electron chi connectivity index (χ3n) is 4.22. The van der Waals surface area contributed by atoms with Crippen LogP contribution in [0.2, 0.25) is 0 Å². The zero-order valence-corrected chi connectivity index (χ0v) is 11.9. The van der Waals surface area contributed by atoms with Crippen molar-refractivity contribution in [2.45, 2.75) is 12.1 Å². The molecule has 2 fully saturated rings. The van der Waals surface area contributed by atoms with E-state index >= 15 is 0 Å². The van der Waals surface area contributed by atoms with E-state index < -0.39 is 5.97 Å². The molecule has 1 aromatic rings. The SMILES string of the molecule is CN1CCO[C@@H]2CN(C(=O)c3cccc(C(=O)O)c3)C[C@@H]21. The van der Waals surface area contributed by atoms with Gasteiger partial charge in [-0.2, -0.15) is 0 Å². The number of likely N-dealkylation sites (tertiary alicyclic amines) is 1. The summed E-state index contributed by atoms with van der Waals surface area (Å²) in [6.07, 6.45) is 0.0513. The van der Waals surface area contributed by atoms with Gasteiger partial charge in [0.1, 0.15) is 0 Å². The number of morpholine rings is 1. The summed E-state index contributed by atoms with van der Waals surface area (Å²) in [4.78, 5) is 27.5. The van der Waals surface area contributed by atoms with E-state index in [9.17, 15) is 9.59 Å². The lowest BCUT2D eigenvalue weighted by atomic mass is 10.1. The highest BCUT2D eigenvalue weighted by atomic mass is 16.5. The zero-order chi connectivity index (χ0) is 15.0. The number of carboxylic acids is 1. The first-order valence-corrected chi connectivity index (χ1v) is 7.01. The number of aromatic carboxylic acids is 1. The molecule has 0 spiro atoms. The van der Waals surface area contributed by atoms with Crippen LogP contribution in [0.25, 0.3) is 0 Å². The highest BCUT2D eigenvalue weighted by Crippen LogP contribution is 2.23. The monoisotopic (exact) mass is 290 g/mol. The van der Waals surface area contributed by atoms with E-state index in [0.29, 0.717) is 25.3 Å². The molecule has 1 N–H and O–H groups in total. The van der Waals surface area contributed by atoms with Crippen molar-refractivity contribution >= 4 is 11.9 Å². The highest BCUT2D eigenvalue weighted by molar-refractivity contribution is 5.97. The van der Waals surface area contributed by atoms with Crippen molar-refractivity contribution in [2.75, 3.05) is 33.3 Å². The minimum absolute atomic E-state index is 0.0513. The summed E-state index contributed by atoms with van der Waals surface area (Å²) in [5.74, 6) is -1.16. The maximum atomic E-state index is 12.5. The van der Waals surface area contributed by atoms with Gasteiger partial charge in [0.05, 0.1) is 24.3 Å². The van der Waals surface area contributed by atoms with Gasteiger partial charge in [0.25, 0.3) is 5.91 Å². The number of benzene rings is 1. The molecule has 0 unspecified atom stereocenters. The smallest absolute Gasteiger partial charge is 0.335 e. The standard InChI is InChI=1S/C15H18N2O4/c1-16-5-6-21-13-9-17(8-12(13)16)14(18)10-3-2-4-11(7-10)15(19)20/h2-4,7,12-13H,5-6,8-9H2,1H3,(H,19,20)/t12-,13+/m0/s1. The molecule has 112 valence electrons. The molecule has 0 bridgehead atoms. The van der Waals surface area contributed by atoms with Crippen molar-refractivity contribution in [3.8, 4) is 0 Å². The number of likely N-dealkylation sites (N-methyl/N-ethyl adjacent to an activating group) is 1. The van der Waals surface area contributed by atoms with Crippen LogP contribution < -0.4 is 0 Å². The Balaban J connectivity index is 1.77. The zero-order valence-electron chi connectivity index (χ0n) is 11.9. The fourth-order valence-electron chi connectivity index (χ4n) is 2.99. The lowest BCUT2D eigenvalue weighted by Gasteiger charge is -2.33. The Morgan fingerprint density at radius 2 is 2.05 bits per heavy atom. The van der Waals surface area contributed by atoms with Crippen LogP contribution in [0.3, 0.4) is 0 Å². The Morgan fingerprint density at radius 3 is 2.76 bits per heavy atom. The fourth-order valence-corrected chi connectivity index (χ4v) is 2.99. The Morgan fingerprint density at radius 1 is 1.29 bits per heavy atom. The predicted molar refractivity (Wildman–Crippen MR) is 75.5 cm³/mol. The van der Waals surface area contributed by atoms with Gasteiger partial charge in [-0.05, 0) is 25.2 Å². The Hall–Kier alpha value is -1.92. The number of hydrogen-bond acceptors (Lipinski definition) is 4. The van der Waals surface area contributed by atoms with Crippen molar-refractivity contribution in [1.29, 1.82) is 0 Å². The minimum atomic E-state index is -1.03. The molecule has 2 saturated heterocycles. The molecule has 0 aromatic heterocycles. The van der Waals surface area contributed by atoms with Gasteiger partial charge in [0, 0.05) is 25.2 Å². The molecule has 6 nitrogen and oxygen atoms in total. The molecule has 1 aromatic carbocycles. The second kappa shape index (κ2) is 5.46. The molecule has 1 amide bonds. The van der Waals surface area contributed by atoms with Crippen LogP contribution in [0.15, 0.2) is 24.3 Å². The van der Waals surface area contributed by atoms with Crippen molar-refractivity contribution < 1.29 is 19.4 Å². The van der Waals surface area contributed by atoms with Gasteiger partial charge in [-0.3, -0.25) is 9.69 Å². The molecule has 3 rings (SSSR count). The summed E-state index contributed by atoms with van der Waals surface area (Å²) in [7, 11) is 2.04. The number of hydrogen-bond donors (Lipinski definition) is 1. The van der Waals surface area contributed by atoms with Gasteiger partial charge in [0.15, 0.2) is 0 Å². The average Bonchev–Trinajstić information content (AvgIpc) is 2.92. The van der Waals surface area contributed by atoms with E-state index in [1.54, 1.807) is 17.0 Å². The Labute approximate surface area is 122 Å². The van der Waals surface area contributed by atoms with Crippen LogP contribution in [0.4, 0.5) is 0 Å². The summed E-state index contributed by atoms with van der Waals surface area (Å²) >= 11 is 0. The van der Waals surface area contributed by atoms with Crippen molar-refractivity contribution in [3.63, 3.8) is 0 Å². The Kier molecular flexibility index (Phi) is 3.65. The number of carbonyl (C=O) groups is 2. The van der Waals surface area contributed by atoms with Crippen LogP contribution in [-0.4, -0.2) is 72.2 Å². The molecule has 0 saturated carbocycles. The van der Waals surface area contributed by atoms with Gasteiger partial charge < -0.3 is 14.7 Å². The summed E-state index contributed by atoms with van der Waals surface area (Å²) in [6.45, 7) is 2.74. The normalized spacial score (nSPS) is 25.7. The molecule has 2 heterocycles. The minimum Gasteiger partial charge on any atom is -0.478 e. The molecular weight excluding hydrogens is 272 g/mol. The second-order valence-corrected chi connectivity index (χ2v) is 5.55. The maximum Gasteiger partial charge on any atom is 0.335 e. The van der Waals surface area contributed by atoms with E-state index in [-0.39, 0.29) is 23.6 Å². The third kappa shape index (κ3) is 2.64. The second-order valence-electron chi connectivity index (χ2n) is 5.55. The molecule has 0 radical (unpaired) electrons. The van der Waals surface area contributed by atoms with Gasteiger partial charge in [-0.15, -0.1) is 0 Å². The van der Waals surface area contributed by atoms with Gasteiger partial charge in [-0.25, -0.2) is 4.79 Å². The van der Waals surface area contributed by atoms with Crippen molar-refractivity contribution in [2.24, 2.45) is 0 Å². The van der Waals surface area contributed by atoms with Crippen molar-refractivity contribution in [1.82, 2.24) is 9.80 Å². The fraction of sp³-hybridized carbons (Fsp3) is 0.467. The van der Waals surface area contributed by atoms with Crippen LogP contribution in [0.1, 0.15) is 20.7 Å². The molecule has 2 atom stereocenters. The topological polar surface area (TPSA) is 70.1 Å². The third-order valence-corrected chi connectivity index (χ3v) is 4.22. The lowest BCUT2D eigenvalue weighted by Crippen LogP contribution is -2.48. The van der Waals surface area contributed by atoms with Crippen LogP contribution in [0, 0.1) is 0 Å². The first-order valence-electron chi connectivity index (χ1n) is 7.01. The summed E-state index contributed by atoms with van der Waals surface area (Å²) in [5.41, 5.74) is 0.544. The number of nitrogens with zero attached hydrogens (tertiary/aromatic N) is 2. The largest absolute Gasteiger partial charge is 0.478 e. The van der Waals surface area contributed by atoms with Crippen LogP contribution in [-0.2, 0) is 4.74 Å². The van der Waals surface area contributed by atoms with Crippen LogP contribution >= 0.6 is 0 Å². The predicted octanol–water partition coefficient (Wildman–Crippen LogP) is 0.540. The van der Waals surface area contributed by atoms with E-state index in [0.717, 1.165) is 6.54 Å². The number of fused-ring (bicyclic) bond motifs is 1.